The lowest BCUT2D eigenvalue weighted by molar-refractivity contribution is -0.870. The number of unbranched alkanes of at least 4 members (excludes halogenated alkanes) is 38. The highest BCUT2D eigenvalue weighted by atomic mass is 16.7. The number of carboxylic acid groups (broad SMARTS) is 1. The number of hydrogen-bond acceptors (Lipinski definition) is 8. The zero-order chi connectivity index (χ0) is 64.7. The number of hydrogen-bond donors (Lipinski definition) is 0. The molecule has 9 heteroatoms. The first-order chi connectivity index (χ1) is 43.6. The van der Waals surface area contributed by atoms with E-state index in [1.165, 1.54) is 212 Å². The third kappa shape index (κ3) is 71.5. The molecule has 0 rings (SSSR count). The summed E-state index contributed by atoms with van der Waals surface area (Å²) in [5.41, 5.74) is 0. The predicted octanol–water partition coefficient (Wildman–Crippen LogP) is 22.3. The second-order valence-electron chi connectivity index (χ2n) is 26.2. The topological polar surface area (TPSA) is 111 Å². The van der Waals surface area contributed by atoms with E-state index < -0.39 is 24.3 Å². The highest BCUT2D eigenvalue weighted by Crippen LogP contribution is 2.18. The minimum absolute atomic E-state index is 0.144. The second kappa shape index (κ2) is 70.1. The molecule has 9 nitrogen and oxygen atoms in total. The molecule has 0 bridgehead atoms. The van der Waals surface area contributed by atoms with E-state index in [4.69, 9.17) is 18.9 Å². The molecular formula is C80H141NO8. The van der Waals surface area contributed by atoms with Crippen molar-refractivity contribution in [3.05, 3.63) is 97.2 Å². The number of aliphatic carboxylic acids is 1. The van der Waals surface area contributed by atoms with E-state index in [9.17, 15) is 19.5 Å². The number of esters is 2. The van der Waals surface area contributed by atoms with E-state index in [-0.39, 0.29) is 32.2 Å². The van der Waals surface area contributed by atoms with E-state index in [2.05, 4.69) is 111 Å². The number of rotatable bonds is 69. The van der Waals surface area contributed by atoms with E-state index in [1.54, 1.807) is 0 Å². The Balaban J connectivity index is 4.01. The van der Waals surface area contributed by atoms with Crippen LogP contribution in [0.25, 0.3) is 0 Å². The number of nitrogens with zero attached hydrogens (tertiary/aromatic N) is 1. The van der Waals surface area contributed by atoms with Crippen LogP contribution in [0.4, 0.5) is 0 Å². The van der Waals surface area contributed by atoms with Gasteiger partial charge in [0.1, 0.15) is 13.2 Å². The maximum Gasteiger partial charge on any atom is 0.306 e. The molecule has 0 saturated carbocycles. The summed E-state index contributed by atoms with van der Waals surface area (Å²) < 4.78 is 22.8. The van der Waals surface area contributed by atoms with Gasteiger partial charge in [-0.1, -0.05) is 323 Å². The van der Waals surface area contributed by atoms with Gasteiger partial charge in [0, 0.05) is 12.8 Å². The van der Waals surface area contributed by atoms with Gasteiger partial charge in [-0.2, -0.15) is 0 Å². The number of carbonyl (C=O) groups is 3. The molecule has 0 aliphatic carbocycles. The van der Waals surface area contributed by atoms with Crippen LogP contribution in [0.5, 0.6) is 0 Å². The smallest absolute Gasteiger partial charge is 0.306 e. The quantitative estimate of drug-likeness (QED) is 0.0195. The fourth-order valence-electron chi connectivity index (χ4n) is 10.6. The highest BCUT2D eigenvalue weighted by Gasteiger charge is 2.22. The molecule has 89 heavy (non-hydrogen) atoms. The van der Waals surface area contributed by atoms with Crippen molar-refractivity contribution in [3.63, 3.8) is 0 Å². The summed E-state index contributed by atoms with van der Waals surface area (Å²) in [6.07, 6.45) is 93.7. The van der Waals surface area contributed by atoms with E-state index in [0.29, 0.717) is 23.9 Å². The number of allylic oxidation sites excluding steroid dienone is 16. The van der Waals surface area contributed by atoms with E-state index >= 15 is 0 Å². The van der Waals surface area contributed by atoms with Gasteiger partial charge in [0.25, 0.3) is 0 Å². The average Bonchev–Trinajstić information content (AvgIpc) is 3.64. The Morgan fingerprint density at radius 2 is 0.640 bits per heavy atom. The van der Waals surface area contributed by atoms with Crippen LogP contribution in [-0.4, -0.2) is 82.3 Å². The van der Waals surface area contributed by atoms with Crippen molar-refractivity contribution >= 4 is 17.9 Å². The Kier molecular flexibility index (Phi) is 67.1. The minimum atomic E-state index is -1.63. The summed E-state index contributed by atoms with van der Waals surface area (Å²) >= 11 is 0. The van der Waals surface area contributed by atoms with Crippen LogP contribution < -0.4 is 5.11 Å². The molecule has 0 aliphatic heterocycles. The molecule has 2 atom stereocenters. The number of carboxylic acids is 1. The van der Waals surface area contributed by atoms with Crippen LogP contribution in [0, 0.1) is 0 Å². The lowest BCUT2D eigenvalue weighted by atomic mass is 10.0. The number of likely N-dealkylation sites (N-methyl/N-ethyl adjacent to an activating group) is 1. The van der Waals surface area contributed by atoms with Gasteiger partial charge in [-0.05, 0) is 96.3 Å². The van der Waals surface area contributed by atoms with Crippen LogP contribution >= 0.6 is 0 Å². The Labute approximate surface area is 550 Å². The standard InChI is InChI=1S/C80H141NO8/c1-6-8-10-12-14-16-18-20-22-24-26-28-30-32-33-34-35-36-37-38-39-40-41-42-43-44-45-47-48-50-52-54-56-58-60-62-64-66-68-70-77(82)87-74-76(75-88-80(79(84)85)86-73-72-81(3,4)5)89-78(83)71-69-67-65-63-61-59-57-55-53-51-49-46-31-29-27-25-23-21-19-17-15-13-11-9-7-2/h9,11,15,17-18,20-21,23-24,26-27,29-30,32,46,49,76,80H,6-8,10,12-14,16,19,22,25,28,31,33-45,47-48,50-75H2,1-5H3/b11-9-,17-15-,20-18-,23-21-,26-24-,29-27-,32-30-,49-46-. The van der Waals surface area contributed by atoms with Gasteiger partial charge in [-0.3, -0.25) is 9.59 Å². The summed E-state index contributed by atoms with van der Waals surface area (Å²) in [6.45, 7) is 4.65. The first kappa shape index (κ1) is 85.2. The monoisotopic (exact) mass is 1240 g/mol. The SMILES string of the molecule is CC/C=C\C/C=C\C/C=C\C/C=C\C/C=C\CCCCCCCCCCCC(=O)OC(COC(=O)CCCCCCCCCCCCCCCCCCCCCCCCCC/C=C\C/C=C\C/C=C\CCCCCCC)COC(OCC[N+](C)(C)C)C(=O)[O-]. The van der Waals surface area contributed by atoms with Crippen LogP contribution in [0.1, 0.15) is 335 Å². The third-order valence-electron chi connectivity index (χ3n) is 16.3. The van der Waals surface area contributed by atoms with Gasteiger partial charge in [-0.15, -0.1) is 0 Å². The van der Waals surface area contributed by atoms with Crippen molar-refractivity contribution in [1.29, 1.82) is 0 Å². The lowest BCUT2D eigenvalue weighted by Gasteiger charge is -2.26. The van der Waals surface area contributed by atoms with Crippen LogP contribution in [0.2, 0.25) is 0 Å². The van der Waals surface area contributed by atoms with Crippen molar-refractivity contribution in [1.82, 2.24) is 0 Å². The summed E-state index contributed by atoms with van der Waals surface area (Å²) in [7, 11) is 5.93. The number of ether oxygens (including phenoxy) is 4. The molecular weight excluding hydrogens is 1100 g/mol. The van der Waals surface area contributed by atoms with Crippen LogP contribution in [0.15, 0.2) is 97.2 Å². The number of carbonyl (C=O) groups excluding carboxylic acids is 3. The molecule has 0 aromatic rings. The summed E-state index contributed by atoms with van der Waals surface area (Å²) in [5.74, 6) is -2.28. The maximum absolute atomic E-state index is 12.9. The highest BCUT2D eigenvalue weighted by molar-refractivity contribution is 5.70. The fraction of sp³-hybridized carbons (Fsp3) is 0.762. The van der Waals surface area contributed by atoms with Gasteiger partial charge >= 0.3 is 11.9 Å². The minimum Gasteiger partial charge on any atom is -0.545 e. The Bertz CT molecular complexity index is 1790. The Morgan fingerprint density at radius 1 is 0.348 bits per heavy atom. The molecule has 0 fully saturated rings. The zero-order valence-corrected chi connectivity index (χ0v) is 58.8. The van der Waals surface area contributed by atoms with Gasteiger partial charge in [0.15, 0.2) is 12.4 Å². The molecule has 514 valence electrons. The predicted molar refractivity (Wildman–Crippen MR) is 380 cm³/mol. The normalized spacial score (nSPS) is 13.2. The average molecular weight is 1250 g/mol. The summed E-state index contributed by atoms with van der Waals surface area (Å²) in [6, 6.07) is 0. The maximum atomic E-state index is 12.9. The summed E-state index contributed by atoms with van der Waals surface area (Å²) in [4.78, 5) is 37.5. The number of quaternary nitrogens is 1. The van der Waals surface area contributed by atoms with Gasteiger partial charge in [0.2, 0.25) is 0 Å². The van der Waals surface area contributed by atoms with Gasteiger partial charge in [-0.25, -0.2) is 0 Å². The van der Waals surface area contributed by atoms with Crippen molar-refractivity contribution in [2.75, 3.05) is 47.5 Å². The molecule has 0 aromatic heterocycles. The zero-order valence-electron chi connectivity index (χ0n) is 58.8. The lowest BCUT2D eigenvalue weighted by Crippen LogP contribution is -2.44. The van der Waals surface area contributed by atoms with Crippen molar-refractivity contribution < 1.29 is 42.9 Å². The Hall–Kier alpha value is -3.79. The van der Waals surface area contributed by atoms with E-state index in [0.717, 1.165) is 89.9 Å². The molecule has 0 radical (unpaired) electrons. The van der Waals surface area contributed by atoms with Crippen molar-refractivity contribution in [2.45, 2.75) is 347 Å². The largest absolute Gasteiger partial charge is 0.545 e. The first-order valence-corrected chi connectivity index (χ1v) is 37.4. The molecule has 0 spiro atoms. The fourth-order valence-corrected chi connectivity index (χ4v) is 10.6. The second-order valence-corrected chi connectivity index (χ2v) is 26.2. The first-order valence-electron chi connectivity index (χ1n) is 37.4. The summed E-state index contributed by atoms with van der Waals surface area (Å²) in [5, 5.41) is 11.8. The Morgan fingerprint density at radius 3 is 0.955 bits per heavy atom. The third-order valence-corrected chi connectivity index (χ3v) is 16.3. The molecule has 2 unspecified atom stereocenters. The molecule has 0 aromatic carbocycles. The van der Waals surface area contributed by atoms with Crippen molar-refractivity contribution in [2.24, 2.45) is 0 Å². The van der Waals surface area contributed by atoms with Gasteiger partial charge in [0.05, 0.1) is 40.3 Å². The van der Waals surface area contributed by atoms with E-state index in [1.807, 2.05) is 21.1 Å². The molecule has 0 N–H and O–H groups in total. The van der Waals surface area contributed by atoms with Gasteiger partial charge < -0.3 is 33.3 Å². The molecule has 0 saturated heterocycles. The van der Waals surface area contributed by atoms with Crippen LogP contribution in [0.3, 0.4) is 0 Å². The molecule has 0 aliphatic rings. The molecule has 0 amide bonds. The van der Waals surface area contributed by atoms with Crippen molar-refractivity contribution in [3.8, 4) is 0 Å². The molecule has 0 heterocycles. The van der Waals surface area contributed by atoms with Crippen LogP contribution in [-0.2, 0) is 33.3 Å².